The van der Waals surface area contributed by atoms with Gasteiger partial charge in [-0.3, -0.25) is 4.79 Å². The molecule has 2 rings (SSSR count). The van der Waals surface area contributed by atoms with E-state index in [4.69, 9.17) is 5.73 Å². The van der Waals surface area contributed by atoms with E-state index in [1.807, 2.05) is 41.2 Å². The Morgan fingerprint density at radius 1 is 1.29 bits per heavy atom. The summed E-state index contributed by atoms with van der Waals surface area (Å²) in [6.45, 7) is 1.25. The number of hydrogen-bond donors (Lipinski definition) is 2. The topological polar surface area (TPSA) is 72.9 Å². The number of aryl methyl sites for hydroxylation is 1. The number of rotatable bonds is 7. The summed E-state index contributed by atoms with van der Waals surface area (Å²) >= 11 is 0. The van der Waals surface area contributed by atoms with Gasteiger partial charge < -0.3 is 11.1 Å². The van der Waals surface area contributed by atoms with Crippen molar-refractivity contribution >= 4 is 18.3 Å². The van der Waals surface area contributed by atoms with Crippen LogP contribution in [0.1, 0.15) is 18.4 Å². The number of benzene rings is 1. The average molecular weight is 309 g/mol. The molecule has 0 atom stereocenters. The number of aromatic nitrogens is 2. The minimum absolute atomic E-state index is 0. The molecule has 114 valence electrons. The molecule has 0 radical (unpaired) electrons. The van der Waals surface area contributed by atoms with Crippen LogP contribution in [-0.4, -0.2) is 28.8 Å². The molecule has 0 aliphatic rings. The molecule has 0 aliphatic heterocycles. The molecule has 1 heterocycles. The third-order valence-corrected chi connectivity index (χ3v) is 3.00. The molecule has 21 heavy (non-hydrogen) atoms. The van der Waals surface area contributed by atoms with Gasteiger partial charge in [0, 0.05) is 19.2 Å². The predicted molar refractivity (Wildman–Crippen MR) is 85.8 cm³/mol. The van der Waals surface area contributed by atoms with Crippen molar-refractivity contribution in [3.63, 3.8) is 0 Å². The smallest absolute Gasteiger partial charge is 0.220 e. The zero-order valence-corrected chi connectivity index (χ0v) is 12.7. The van der Waals surface area contributed by atoms with Crippen LogP contribution < -0.4 is 11.1 Å². The largest absolute Gasteiger partial charge is 0.356 e. The molecule has 0 saturated heterocycles. The fourth-order valence-electron chi connectivity index (χ4n) is 1.89. The highest BCUT2D eigenvalue weighted by Gasteiger charge is 2.04. The molecular formula is C15H21ClN4O. The van der Waals surface area contributed by atoms with Gasteiger partial charge in [0.05, 0.1) is 11.9 Å². The highest BCUT2D eigenvalue weighted by atomic mass is 35.5. The predicted octanol–water partition coefficient (Wildman–Crippen LogP) is 1.69. The maximum absolute atomic E-state index is 11.6. The number of hydrogen-bond acceptors (Lipinski definition) is 3. The van der Waals surface area contributed by atoms with E-state index in [9.17, 15) is 4.79 Å². The summed E-state index contributed by atoms with van der Waals surface area (Å²) in [5.74, 6) is 0.0610. The van der Waals surface area contributed by atoms with Crippen LogP contribution in [0.5, 0.6) is 0 Å². The summed E-state index contributed by atoms with van der Waals surface area (Å²) in [4.78, 5) is 11.6. The van der Waals surface area contributed by atoms with Crippen LogP contribution in [0.25, 0.3) is 5.69 Å². The van der Waals surface area contributed by atoms with Crippen molar-refractivity contribution in [2.24, 2.45) is 5.73 Å². The van der Waals surface area contributed by atoms with Crippen molar-refractivity contribution in [3.8, 4) is 5.69 Å². The van der Waals surface area contributed by atoms with Gasteiger partial charge in [-0.05, 0) is 37.1 Å². The van der Waals surface area contributed by atoms with Crippen LogP contribution >= 0.6 is 12.4 Å². The van der Waals surface area contributed by atoms with Gasteiger partial charge in [-0.15, -0.1) is 12.4 Å². The second kappa shape index (κ2) is 9.15. The van der Waals surface area contributed by atoms with Gasteiger partial charge in [0.25, 0.3) is 0 Å². The Hall–Kier alpha value is -1.85. The molecule has 0 spiro atoms. The Balaban J connectivity index is 0.00000220. The second-order valence-electron chi connectivity index (χ2n) is 4.62. The van der Waals surface area contributed by atoms with Crippen LogP contribution in [0.3, 0.4) is 0 Å². The summed E-state index contributed by atoms with van der Waals surface area (Å²) in [7, 11) is 0. The average Bonchev–Trinajstić information content (AvgIpc) is 2.95. The minimum Gasteiger partial charge on any atom is -0.356 e. The number of halogens is 1. The third-order valence-electron chi connectivity index (χ3n) is 3.00. The standard InChI is InChI=1S/C15H20N4O.ClH/c16-9-4-10-17-15(20)8-7-13-11-18-19(12-13)14-5-2-1-3-6-14;/h1-3,5-6,11-12H,4,7-10,16H2,(H,17,20);1H. The first-order chi connectivity index (χ1) is 9.79. The minimum atomic E-state index is 0. The first-order valence-corrected chi connectivity index (χ1v) is 6.85. The summed E-state index contributed by atoms with van der Waals surface area (Å²) in [6, 6.07) is 9.91. The van der Waals surface area contributed by atoms with E-state index in [1.54, 1.807) is 6.20 Å². The molecule has 0 unspecified atom stereocenters. The van der Waals surface area contributed by atoms with Crippen molar-refractivity contribution in [1.82, 2.24) is 15.1 Å². The van der Waals surface area contributed by atoms with E-state index in [1.165, 1.54) is 0 Å². The van der Waals surface area contributed by atoms with Gasteiger partial charge in [0.15, 0.2) is 0 Å². The Kier molecular flexibility index (Phi) is 7.50. The lowest BCUT2D eigenvalue weighted by atomic mass is 10.2. The van der Waals surface area contributed by atoms with E-state index in [2.05, 4.69) is 10.4 Å². The Morgan fingerprint density at radius 3 is 2.76 bits per heavy atom. The zero-order valence-electron chi connectivity index (χ0n) is 11.9. The van der Waals surface area contributed by atoms with Gasteiger partial charge in [-0.25, -0.2) is 4.68 Å². The highest BCUT2D eigenvalue weighted by Crippen LogP contribution is 2.08. The van der Waals surface area contributed by atoms with Crippen LogP contribution in [0.2, 0.25) is 0 Å². The van der Waals surface area contributed by atoms with E-state index < -0.39 is 0 Å². The maximum Gasteiger partial charge on any atom is 0.220 e. The van der Waals surface area contributed by atoms with Crippen molar-refractivity contribution in [3.05, 3.63) is 48.3 Å². The first kappa shape index (κ1) is 17.2. The van der Waals surface area contributed by atoms with Crippen LogP contribution in [0.4, 0.5) is 0 Å². The van der Waals surface area contributed by atoms with Gasteiger partial charge >= 0.3 is 0 Å². The van der Waals surface area contributed by atoms with Crippen molar-refractivity contribution in [1.29, 1.82) is 0 Å². The molecular weight excluding hydrogens is 288 g/mol. The number of amides is 1. The van der Waals surface area contributed by atoms with Crippen molar-refractivity contribution in [2.75, 3.05) is 13.1 Å². The summed E-state index contributed by atoms with van der Waals surface area (Å²) < 4.78 is 1.82. The van der Waals surface area contributed by atoms with Crippen molar-refractivity contribution < 1.29 is 4.79 Å². The molecule has 2 aromatic rings. The molecule has 1 aromatic heterocycles. The second-order valence-corrected chi connectivity index (χ2v) is 4.62. The van der Waals surface area contributed by atoms with Gasteiger partial charge in [-0.2, -0.15) is 5.10 Å². The Labute approximate surface area is 130 Å². The van der Waals surface area contributed by atoms with Crippen molar-refractivity contribution in [2.45, 2.75) is 19.3 Å². The van der Waals surface area contributed by atoms with Crippen LogP contribution in [0.15, 0.2) is 42.7 Å². The molecule has 1 aromatic carbocycles. The number of carbonyl (C=O) groups excluding carboxylic acids is 1. The van der Waals surface area contributed by atoms with E-state index in [0.717, 1.165) is 17.7 Å². The number of carbonyl (C=O) groups is 1. The molecule has 0 fully saturated rings. The lowest BCUT2D eigenvalue weighted by Gasteiger charge is -2.03. The Morgan fingerprint density at radius 2 is 2.05 bits per heavy atom. The molecule has 1 amide bonds. The normalized spacial score (nSPS) is 9.95. The maximum atomic E-state index is 11.6. The lowest BCUT2D eigenvalue weighted by molar-refractivity contribution is -0.121. The quantitative estimate of drug-likeness (QED) is 0.765. The Bertz CT molecular complexity index is 542. The SMILES string of the molecule is Cl.NCCCNC(=O)CCc1cnn(-c2ccccc2)c1. The van der Waals surface area contributed by atoms with Crippen LogP contribution in [0, 0.1) is 0 Å². The van der Waals surface area contributed by atoms with Gasteiger partial charge in [0.1, 0.15) is 0 Å². The molecule has 6 heteroatoms. The fraction of sp³-hybridized carbons (Fsp3) is 0.333. The van der Waals surface area contributed by atoms with E-state index in [0.29, 0.717) is 25.9 Å². The fourth-order valence-corrected chi connectivity index (χ4v) is 1.89. The number of nitrogens with one attached hydrogen (secondary N) is 1. The number of nitrogens with zero attached hydrogens (tertiary/aromatic N) is 2. The molecule has 0 aliphatic carbocycles. The third kappa shape index (κ3) is 5.57. The lowest BCUT2D eigenvalue weighted by Crippen LogP contribution is -2.26. The summed E-state index contributed by atoms with van der Waals surface area (Å²) in [6.07, 6.45) is 5.76. The highest BCUT2D eigenvalue weighted by molar-refractivity contribution is 5.85. The molecule has 0 saturated carbocycles. The molecule has 3 N–H and O–H groups in total. The van der Waals surface area contributed by atoms with E-state index >= 15 is 0 Å². The molecule has 5 nitrogen and oxygen atoms in total. The monoisotopic (exact) mass is 308 g/mol. The first-order valence-electron chi connectivity index (χ1n) is 6.85. The zero-order chi connectivity index (χ0) is 14.2. The van der Waals surface area contributed by atoms with E-state index in [-0.39, 0.29) is 18.3 Å². The summed E-state index contributed by atoms with van der Waals surface area (Å²) in [5, 5.41) is 7.15. The number of nitrogens with two attached hydrogens (primary N) is 1. The van der Waals surface area contributed by atoms with Crippen LogP contribution in [-0.2, 0) is 11.2 Å². The summed E-state index contributed by atoms with van der Waals surface area (Å²) in [5.41, 5.74) is 7.45. The number of para-hydroxylation sites is 1. The molecule has 0 bridgehead atoms. The van der Waals surface area contributed by atoms with Gasteiger partial charge in [0.2, 0.25) is 5.91 Å². The van der Waals surface area contributed by atoms with Gasteiger partial charge in [-0.1, -0.05) is 18.2 Å².